The van der Waals surface area contributed by atoms with Gasteiger partial charge in [-0.15, -0.1) is 0 Å². The van der Waals surface area contributed by atoms with Gasteiger partial charge in [0.15, 0.2) is 0 Å². The maximum atomic E-state index is 6.17. The molecule has 22 heavy (non-hydrogen) atoms. The lowest BCUT2D eigenvalue weighted by molar-refractivity contribution is 0.393. The molecule has 1 aromatic rings. The first-order chi connectivity index (χ1) is 10.6. The average molecular weight is 318 g/mol. The second-order valence-corrected chi connectivity index (χ2v) is 5.88. The van der Waals surface area contributed by atoms with Crippen LogP contribution in [0.2, 0.25) is 5.02 Å². The van der Waals surface area contributed by atoms with Gasteiger partial charge in [0.05, 0.1) is 0 Å². The normalized spacial score (nSPS) is 23.5. The molecule has 1 unspecified atom stereocenters. The Balaban J connectivity index is 0.000000847. The van der Waals surface area contributed by atoms with Crippen LogP contribution in [0.25, 0.3) is 0 Å². The second-order valence-electron chi connectivity index (χ2n) is 5.45. The summed E-state index contributed by atoms with van der Waals surface area (Å²) in [5, 5.41) is 0.753. The van der Waals surface area contributed by atoms with Crippen LogP contribution in [-0.4, -0.2) is 25.0 Å². The van der Waals surface area contributed by atoms with Crippen LogP contribution in [0.15, 0.2) is 54.8 Å². The maximum Gasteiger partial charge on any atom is 0.131 e. The molecule has 3 heteroatoms. The van der Waals surface area contributed by atoms with E-state index in [4.69, 9.17) is 16.3 Å². The zero-order valence-corrected chi connectivity index (χ0v) is 14.4. The Kier molecular flexibility index (Phi) is 5.49. The van der Waals surface area contributed by atoms with Crippen molar-refractivity contribution in [1.82, 2.24) is 4.90 Å². The first-order valence-electron chi connectivity index (χ1n) is 7.79. The summed E-state index contributed by atoms with van der Waals surface area (Å²) >= 11 is 6.17. The Labute approximate surface area is 138 Å². The Morgan fingerprint density at radius 3 is 2.50 bits per heavy atom. The summed E-state index contributed by atoms with van der Waals surface area (Å²) in [5.74, 6) is 2.46. The molecule has 2 nitrogen and oxygen atoms in total. The number of likely N-dealkylation sites (tertiary alicyclic amines) is 1. The number of allylic oxidation sites excluding steroid dienone is 2. The number of hydrogen-bond acceptors (Lipinski definition) is 2. The molecule has 0 aliphatic carbocycles. The highest BCUT2D eigenvalue weighted by molar-refractivity contribution is 6.30. The first kappa shape index (κ1) is 16.9. The van der Waals surface area contributed by atoms with E-state index in [0.717, 1.165) is 35.2 Å². The van der Waals surface area contributed by atoms with Crippen molar-refractivity contribution in [2.24, 2.45) is 5.92 Å². The fraction of sp³-hybridized carbons (Fsp3) is 0.368. The summed E-state index contributed by atoms with van der Waals surface area (Å²) in [5.41, 5.74) is 2.32. The van der Waals surface area contributed by atoms with Gasteiger partial charge in [-0.1, -0.05) is 44.7 Å². The van der Waals surface area contributed by atoms with Crippen LogP contribution < -0.4 is 4.74 Å². The Morgan fingerprint density at radius 2 is 1.86 bits per heavy atom. The summed E-state index contributed by atoms with van der Waals surface area (Å²) in [6, 6.07) is 5.84. The van der Waals surface area contributed by atoms with E-state index in [0.29, 0.717) is 11.8 Å². The van der Waals surface area contributed by atoms with E-state index < -0.39 is 0 Å². The van der Waals surface area contributed by atoms with Gasteiger partial charge in [-0.3, -0.25) is 0 Å². The topological polar surface area (TPSA) is 12.5 Å². The van der Waals surface area contributed by atoms with Gasteiger partial charge in [0.1, 0.15) is 11.5 Å². The maximum absolute atomic E-state index is 6.17. The minimum atomic E-state index is 0.380. The fourth-order valence-corrected chi connectivity index (χ4v) is 3.48. The number of nitrogens with zero attached hydrogens (tertiary/aromatic N) is 1. The van der Waals surface area contributed by atoms with Crippen molar-refractivity contribution in [3.8, 4) is 5.75 Å². The molecule has 0 amide bonds. The third-order valence-electron chi connectivity index (χ3n) is 4.18. The van der Waals surface area contributed by atoms with E-state index in [-0.39, 0.29) is 0 Å². The highest BCUT2D eigenvalue weighted by Gasteiger charge is 2.38. The first-order valence-corrected chi connectivity index (χ1v) is 8.16. The van der Waals surface area contributed by atoms with Crippen molar-refractivity contribution < 1.29 is 4.74 Å². The highest BCUT2D eigenvalue weighted by Crippen LogP contribution is 2.45. The van der Waals surface area contributed by atoms with Crippen LogP contribution in [0.3, 0.4) is 0 Å². The van der Waals surface area contributed by atoms with Crippen LogP contribution in [0, 0.1) is 5.92 Å². The molecule has 0 radical (unpaired) electrons. The van der Waals surface area contributed by atoms with Gasteiger partial charge in [0, 0.05) is 35.5 Å². The smallest absolute Gasteiger partial charge is 0.131 e. The van der Waals surface area contributed by atoms with Crippen molar-refractivity contribution in [2.75, 3.05) is 20.1 Å². The van der Waals surface area contributed by atoms with Crippen molar-refractivity contribution in [2.45, 2.75) is 19.8 Å². The van der Waals surface area contributed by atoms with Crippen molar-refractivity contribution >= 4 is 11.6 Å². The molecule has 118 valence electrons. The lowest BCUT2D eigenvalue weighted by Gasteiger charge is -2.18. The Hall–Kier alpha value is -1.51. The van der Waals surface area contributed by atoms with Crippen LogP contribution in [0.1, 0.15) is 25.3 Å². The van der Waals surface area contributed by atoms with Crippen LogP contribution in [0.5, 0.6) is 5.75 Å². The van der Waals surface area contributed by atoms with E-state index in [1.165, 1.54) is 5.56 Å². The molecule has 2 aliphatic heterocycles. The minimum absolute atomic E-state index is 0.380. The van der Waals surface area contributed by atoms with Crippen LogP contribution >= 0.6 is 11.6 Å². The molecule has 0 spiro atoms. The standard InChI is InChI=1S/C17H18ClNO.C2H6/c1-4-12-14-9-19(3)10-15(14)13-8-11(18)6-7-17(13)20-16(12)5-2;1-2/h4-8,14-15H,1-2,9-10H2,3H3;1-2H3/t14?,15-;/m0./s1. The van der Waals surface area contributed by atoms with E-state index in [1.54, 1.807) is 6.08 Å². The number of ether oxygens (including phenoxy) is 1. The molecule has 1 saturated heterocycles. The molecule has 2 aliphatic rings. The third kappa shape index (κ3) is 2.99. The zero-order valence-electron chi connectivity index (χ0n) is 13.6. The lowest BCUT2D eigenvalue weighted by atomic mass is 9.83. The molecule has 3 rings (SSSR count). The predicted octanol–water partition coefficient (Wildman–Crippen LogP) is 5.03. The zero-order chi connectivity index (χ0) is 16.3. The molecule has 0 saturated carbocycles. The highest BCUT2D eigenvalue weighted by atomic mass is 35.5. The Bertz CT molecular complexity index is 605. The van der Waals surface area contributed by atoms with Gasteiger partial charge in [-0.2, -0.15) is 0 Å². The largest absolute Gasteiger partial charge is 0.457 e. The molecule has 0 aromatic heterocycles. The minimum Gasteiger partial charge on any atom is -0.457 e. The molecule has 1 aromatic carbocycles. The summed E-state index contributed by atoms with van der Waals surface area (Å²) in [7, 11) is 2.15. The molecule has 2 atom stereocenters. The number of rotatable bonds is 2. The number of halogens is 1. The number of hydrogen-bond donors (Lipinski definition) is 0. The van der Waals surface area contributed by atoms with E-state index >= 15 is 0 Å². The number of likely N-dealkylation sites (N-methyl/N-ethyl adjacent to an activating group) is 1. The number of fused-ring (bicyclic) bond motifs is 3. The molecule has 2 heterocycles. The van der Waals surface area contributed by atoms with E-state index in [9.17, 15) is 0 Å². The summed E-state index contributed by atoms with van der Waals surface area (Å²) in [4.78, 5) is 2.34. The fourth-order valence-electron chi connectivity index (χ4n) is 3.30. The molecular weight excluding hydrogens is 294 g/mol. The summed E-state index contributed by atoms with van der Waals surface area (Å²) < 4.78 is 6.05. The van der Waals surface area contributed by atoms with Gasteiger partial charge in [-0.05, 0) is 36.9 Å². The SMILES string of the molecule is C=CC1=C(C=C)C2CN(C)C[C@H]2c2cc(Cl)ccc2O1.CC. The quantitative estimate of drug-likeness (QED) is 0.758. The van der Waals surface area contributed by atoms with Gasteiger partial charge < -0.3 is 9.64 Å². The molecule has 0 bridgehead atoms. The van der Waals surface area contributed by atoms with Gasteiger partial charge in [0.2, 0.25) is 0 Å². The molecule has 1 fully saturated rings. The van der Waals surface area contributed by atoms with Crippen LogP contribution in [0.4, 0.5) is 0 Å². The molecular formula is C19H24ClNO. The van der Waals surface area contributed by atoms with Crippen molar-refractivity contribution in [3.05, 3.63) is 65.4 Å². The third-order valence-corrected chi connectivity index (χ3v) is 4.42. The van der Waals surface area contributed by atoms with Crippen molar-refractivity contribution in [3.63, 3.8) is 0 Å². The lowest BCUT2D eigenvalue weighted by Crippen LogP contribution is -2.15. The average Bonchev–Trinajstić information content (AvgIpc) is 2.86. The van der Waals surface area contributed by atoms with Crippen LogP contribution in [-0.2, 0) is 0 Å². The monoisotopic (exact) mass is 317 g/mol. The van der Waals surface area contributed by atoms with Gasteiger partial charge >= 0.3 is 0 Å². The molecule has 0 N–H and O–H groups in total. The number of benzene rings is 1. The summed E-state index contributed by atoms with van der Waals surface area (Å²) in [6.07, 6.45) is 3.68. The van der Waals surface area contributed by atoms with E-state index in [1.807, 2.05) is 38.1 Å². The van der Waals surface area contributed by atoms with Gasteiger partial charge in [0.25, 0.3) is 0 Å². The second kappa shape index (κ2) is 7.17. The predicted molar refractivity (Wildman–Crippen MR) is 94.6 cm³/mol. The Morgan fingerprint density at radius 1 is 1.18 bits per heavy atom. The summed E-state index contributed by atoms with van der Waals surface area (Å²) in [6.45, 7) is 13.8. The van der Waals surface area contributed by atoms with Crippen molar-refractivity contribution in [1.29, 1.82) is 0 Å². The van der Waals surface area contributed by atoms with E-state index in [2.05, 4.69) is 25.1 Å². The van der Waals surface area contributed by atoms with Gasteiger partial charge in [-0.25, -0.2) is 0 Å².